The zero-order chi connectivity index (χ0) is 23.0. The van der Waals surface area contributed by atoms with E-state index in [4.69, 9.17) is 18.9 Å². The Labute approximate surface area is 195 Å². The fraction of sp³-hybridized carbons (Fsp3) is 0.462. The number of rotatable bonds is 12. The van der Waals surface area contributed by atoms with Crippen molar-refractivity contribution in [2.75, 3.05) is 47.1 Å². The van der Waals surface area contributed by atoms with E-state index in [1.165, 1.54) is 0 Å². The second-order valence-electron chi connectivity index (χ2n) is 8.41. The van der Waals surface area contributed by atoms with Gasteiger partial charge in [-0.1, -0.05) is 30.3 Å². The molecule has 3 atom stereocenters. The van der Waals surface area contributed by atoms with Crippen molar-refractivity contribution < 1.29 is 24.1 Å². The fourth-order valence-corrected chi connectivity index (χ4v) is 4.52. The Morgan fingerprint density at radius 2 is 1.97 bits per heavy atom. The van der Waals surface area contributed by atoms with Crippen LogP contribution in [0.25, 0.3) is 10.9 Å². The second-order valence-corrected chi connectivity index (χ2v) is 8.41. The molecule has 0 aliphatic carbocycles. The number of hydrogen-bond donors (Lipinski definition) is 3. The molecule has 1 saturated heterocycles. The lowest BCUT2D eigenvalue weighted by molar-refractivity contribution is -0.0164. The van der Waals surface area contributed by atoms with Crippen LogP contribution in [0.15, 0.2) is 48.7 Å². The molecule has 2 heterocycles. The van der Waals surface area contributed by atoms with Gasteiger partial charge < -0.3 is 34.4 Å². The Morgan fingerprint density at radius 1 is 1.09 bits per heavy atom. The van der Waals surface area contributed by atoms with Crippen LogP contribution in [0.3, 0.4) is 0 Å². The molecule has 1 aliphatic heterocycles. The molecular formula is C26H34N2O5. The first kappa shape index (κ1) is 23.6. The van der Waals surface area contributed by atoms with E-state index in [1.807, 2.05) is 24.3 Å². The number of ether oxygens (including phenoxy) is 4. The third-order valence-electron chi connectivity index (χ3n) is 6.17. The molecule has 1 aliphatic rings. The highest BCUT2D eigenvalue weighted by molar-refractivity contribution is 5.84. The second kappa shape index (κ2) is 11.5. The topological polar surface area (TPSA) is 85.0 Å². The van der Waals surface area contributed by atoms with Gasteiger partial charge in [0.1, 0.15) is 0 Å². The predicted octanol–water partition coefficient (Wildman–Crippen LogP) is 3.46. The van der Waals surface area contributed by atoms with E-state index in [-0.39, 0.29) is 18.6 Å². The monoisotopic (exact) mass is 454 g/mol. The number of benzene rings is 2. The van der Waals surface area contributed by atoms with Crippen molar-refractivity contribution in [3.05, 3.63) is 59.8 Å². The molecule has 4 rings (SSSR count). The van der Waals surface area contributed by atoms with E-state index >= 15 is 0 Å². The number of nitrogens with one attached hydrogen (secondary N) is 2. The van der Waals surface area contributed by atoms with Gasteiger partial charge >= 0.3 is 0 Å². The third-order valence-corrected chi connectivity index (χ3v) is 6.17. The summed E-state index contributed by atoms with van der Waals surface area (Å²) in [5.74, 6) is 1.41. The summed E-state index contributed by atoms with van der Waals surface area (Å²) in [6.45, 7) is 2.68. The van der Waals surface area contributed by atoms with Crippen molar-refractivity contribution in [3.8, 4) is 11.5 Å². The Morgan fingerprint density at radius 3 is 2.76 bits per heavy atom. The highest BCUT2D eigenvalue weighted by atomic mass is 16.5. The van der Waals surface area contributed by atoms with Crippen LogP contribution >= 0.6 is 0 Å². The maximum Gasteiger partial charge on any atom is 0.164 e. The number of aromatic nitrogens is 1. The summed E-state index contributed by atoms with van der Waals surface area (Å²) in [7, 11) is 3.31. The van der Waals surface area contributed by atoms with Crippen molar-refractivity contribution in [1.82, 2.24) is 10.3 Å². The molecule has 3 N–H and O–H groups in total. The van der Waals surface area contributed by atoms with Crippen LogP contribution in [0.1, 0.15) is 29.9 Å². The van der Waals surface area contributed by atoms with Crippen LogP contribution < -0.4 is 14.8 Å². The minimum absolute atomic E-state index is 0.00814. The number of aliphatic hydroxyl groups is 1. The van der Waals surface area contributed by atoms with E-state index in [2.05, 4.69) is 34.7 Å². The Bertz CT molecular complexity index is 1010. The van der Waals surface area contributed by atoms with Crippen molar-refractivity contribution in [2.45, 2.75) is 31.0 Å². The molecule has 178 valence electrons. The van der Waals surface area contributed by atoms with E-state index in [1.54, 1.807) is 14.2 Å². The van der Waals surface area contributed by atoms with Gasteiger partial charge in [0, 0.05) is 48.3 Å². The quantitative estimate of drug-likeness (QED) is 0.389. The lowest BCUT2D eigenvalue weighted by Gasteiger charge is -2.23. The number of para-hydroxylation sites is 2. The molecule has 1 fully saturated rings. The van der Waals surface area contributed by atoms with Crippen LogP contribution in [-0.4, -0.2) is 69.4 Å². The van der Waals surface area contributed by atoms with Crippen LogP contribution in [0.2, 0.25) is 0 Å². The molecule has 0 spiro atoms. The lowest BCUT2D eigenvalue weighted by atomic mass is 9.89. The van der Waals surface area contributed by atoms with E-state index in [0.717, 1.165) is 47.2 Å². The normalized spacial score (nSPS) is 17.8. The molecule has 0 amide bonds. The average molecular weight is 455 g/mol. The maximum atomic E-state index is 10.4. The molecule has 1 aromatic heterocycles. The summed E-state index contributed by atoms with van der Waals surface area (Å²) >= 11 is 0. The van der Waals surface area contributed by atoms with Crippen molar-refractivity contribution in [1.29, 1.82) is 0 Å². The highest BCUT2D eigenvalue weighted by Gasteiger charge is 2.24. The van der Waals surface area contributed by atoms with Gasteiger partial charge in [-0.05, 0) is 30.5 Å². The number of hydrogen-bond acceptors (Lipinski definition) is 6. The molecule has 0 unspecified atom stereocenters. The minimum atomic E-state index is -0.595. The lowest BCUT2D eigenvalue weighted by Crippen LogP contribution is -2.34. The van der Waals surface area contributed by atoms with Gasteiger partial charge in [-0.15, -0.1) is 0 Å². The standard InChI is InChI=1S/C26H34N2O5/c1-30-25-11-5-9-21(26(25)31-2)22(23-15-28-24-10-4-3-8-20(23)24)14-27-13-18(29)16-32-17-19-7-6-12-33-19/h3-5,8-11,15,18-19,22,27-29H,6-7,12-14,16-17H2,1-2H3/t18-,19+,22-/m0/s1. The van der Waals surface area contributed by atoms with Crippen LogP contribution in [0, 0.1) is 0 Å². The molecule has 7 heteroatoms. The minimum Gasteiger partial charge on any atom is -0.493 e. The molecule has 0 saturated carbocycles. The van der Waals surface area contributed by atoms with Crippen LogP contribution in [0.5, 0.6) is 11.5 Å². The predicted molar refractivity (Wildman–Crippen MR) is 128 cm³/mol. The van der Waals surface area contributed by atoms with E-state index < -0.39 is 6.10 Å². The molecule has 0 bridgehead atoms. The zero-order valence-corrected chi connectivity index (χ0v) is 19.4. The number of aliphatic hydroxyl groups excluding tert-OH is 1. The smallest absolute Gasteiger partial charge is 0.164 e. The molecule has 3 aromatic rings. The van der Waals surface area contributed by atoms with E-state index in [0.29, 0.717) is 25.4 Å². The molecule has 7 nitrogen and oxygen atoms in total. The van der Waals surface area contributed by atoms with Gasteiger partial charge in [-0.3, -0.25) is 0 Å². The van der Waals surface area contributed by atoms with Crippen LogP contribution in [-0.2, 0) is 9.47 Å². The third kappa shape index (κ3) is 5.68. The first-order valence-corrected chi connectivity index (χ1v) is 11.6. The van der Waals surface area contributed by atoms with Gasteiger partial charge in [0.2, 0.25) is 0 Å². The summed E-state index contributed by atoms with van der Waals surface area (Å²) in [6.07, 6.45) is 3.74. The van der Waals surface area contributed by atoms with Crippen molar-refractivity contribution >= 4 is 10.9 Å². The van der Waals surface area contributed by atoms with Gasteiger partial charge in [0.05, 0.1) is 39.6 Å². The summed E-state index contributed by atoms with van der Waals surface area (Å²) in [6, 6.07) is 14.2. The Balaban J connectivity index is 1.47. The van der Waals surface area contributed by atoms with Crippen molar-refractivity contribution in [3.63, 3.8) is 0 Å². The number of H-pyrrole nitrogens is 1. The zero-order valence-electron chi connectivity index (χ0n) is 19.4. The maximum absolute atomic E-state index is 10.4. The molecule has 2 aromatic carbocycles. The SMILES string of the molecule is COc1cccc([C@H](CNC[C@H](O)COC[C@H]2CCCO2)c2c[nH]c3ccccc23)c1OC. The van der Waals surface area contributed by atoms with Crippen LogP contribution in [0.4, 0.5) is 0 Å². The molecule has 0 radical (unpaired) electrons. The van der Waals surface area contributed by atoms with Gasteiger partial charge in [-0.2, -0.15) is 0 Å². The Kier molecular flexibility index (Phi) is 8.23. The number of fused-ring (bicyclic) bond motifs is 1. The van der Waals surface area contributed by atoms with Gasteiger partial charge in [0.15, 0.2) is 11.5 Å². The number of methoxy groups -OCH3 is 2. The highest BCUT2D eigenvalue weighted by Crippen LogP contribution is 2.40. The summed E-state index contributed by atoms with van der Waals surface area (Å²) in [5, 5.41) is 15.0. The summed E-state index contributed by atoms with van der Waals surface area (Å²) in [5.41, 5.74) is 3.27. The van der Waals surface area contributed by atoms with E-state index in [9.17, 15) is 5.11 Å². The molecular weight excluding hydrogens is 420 g/mol. The average Bonchev–Trinajstić information content (AvgIpc) is 3.51. The number of aromatic amines is 1. The summed E-state index contributed by atoms with van der Waals surface area (Å²) < 4.78 is 22.5. The van der Waals surface area contributed by atoms with Gasteiger partial charge in [0.25, 0.3) is 0 Å². The van der Waals surface area contributed by atoms with Gasteiger partial charge in [-0.25, -0.2) is 0 Å². The van der Waals surface area contributed by atoms with Crippen molar-refractivity contribution in [2.24, 2.45) is 0 Å². The molecule has 33 heavy (non-hydrogen) atoms. The first-order valence-electron chi connectivity index (χ1n) is 11.6. The largest absolute Gasteiger partial charge is 0.493 e. The first-order chi connectivity index (χ1) is 16.2. The fourth-order valence-electron chi connectivity index (χ4n) is 4.52. The summed E-state index contributed by atoms with van der Waals surface area (Å²) in [4.78, 5) is 3.38. The Hall–Kier alpha value is -2.58.